The molecule has 5 nitrogen and oxygen atoms in total. The average Bonchev–Trinajstić information content (AvgIpc) is 3.14. The molecule has 4 rings (SSSR count). The first-order chi connectivity index (χ1) is 14.4. The molecule has 1 heterocycles. The van der Waals surface area contributed by atoms with Crippen molar-refractivity contribution >= 4 is 0 Å². The lowest BCUT2D eigenvalue weighted by atomic mass is 9.72. The maximum Gasteiger partial charge on any atom is 0.194 e. The Morgan fingerprint density at radius 2 is 1.73 bits per heavy atom. The van der Waals surface area contributed by atoms with Gasteiger partial charge in [0.1, 0.15) is 18.1 Å². The molecule has 0 unspecified atom stereocenters. The maximum atomic E-state index is 14.2. The summed E-state index contributed by atoms with van der Waals surface area (Å²) in [6, 6.07) is 11.0. The van der Waals surface area contributed by atoms with Crippen molar-refractivity contribution < 1.29 is 27.4 Å². The Balaban J connectivity index is 1.59. The Hall–Kier alpha value is -2.78. The summed E-state index contributed by atoms with van der Waals surface area (Å²) in [5.74, 6) is -4.20. The minimum atomic E-state index is -1.72. The van der Waals surface area contributed by atoms with E-state index in [9.17, 15) is 17.6 Å². The molecule has 1 aromatic heterocycles. The molecule has 0 aliphatic heterocycles. The molecule has 9 heteroatoms. The van der Waals surface area contributed by atoms with E-state index in [4.69, 9.17) is 9.84 Å². The molecule has 30 heavy (non-hydrogen) atoms. The van der Waals surface area contributed by atoms with Crippen molar-refractivity contribution in [2.45, 2.75) is 37.6 Å². The average molecular weight is 421 g/mol. The number of rotatable bonds is 7. The second kappa shape index (κ2) is 8.16. The van der Waals surface area contributed by atoms with Crippen molar-refractivity contribution in [2.24, 2.45) is 0 Å². The summed E-state index contributed by atoms with van der Waals surface area (Å²) in [5, 5.41) is 13.4. The zero-order valence-electron chi connectivity index (χ0n) is 15.9. The van der Waals surface area contributed by atoms with E-state index in [0.717, 1.165) is 17.7 Å². The third kappa shape index (κ3) is 4.08. The lowest BCUT2D eigenvalue weighted by Gasteiger charge is -2.39. The number of aromatic nitrogens is 3. The van der Waals surface area contributed by atoms with E-state index in [1.54, 1.807) is 0 Å². The summed E-state index contributed by atoms with van der Waals surface area (Å²) in [7, 11) is 0. The molecule has 158 valence electrons. The molecule has 3 aromatic rings. The molecule has 1 aliphatic rings. The largest absolute Gasteiger partial charge is 0.393 e. The van der Waals surface area contributed by atoms with Crippen molar-refractivity contribution in [3.8, 4) is 5.69 Å². The van der Waals surface area contributed by atoms with Crippen LogP contribution in [0.2, 0.25) is 0 Å². The van der Waals surface area contributed by atoms with E-state index in [2.05, 4.69) is 10.1 Å². The first kappa shape index (κ1) is 20.5. The summed E-state index contributed by atoms with van der Waals surface area (Å²) in [5.41, 5.74) is -0.836. The summed E-state index contributed by atoms with van der Waals surface area (Å²) in [6.45, 7) is -0.287. The Labute approximate surface area is 169 Å². The van der Waals surface area contributed by atoms with Crippen LogP contribution in [0.15, 0.2) is 42.5 Å². The Morgan fingerprint density at radius 1 is 1.07 bits per heavy atom. The summed E-state index contributed by atoms with van der Waals surface area (Å²) >= 11 is 0. The van der Waals surface area contributed by atoms with Gasteiger partial charge in [0.2, 0.25) is 0 Å². The molecular weight excluding hydrogens is 402 g/mol. The van der Waals surface area contributed by atoms with Crippen molar-refractivity contribution in [3.63, 3.8) is 0 Å². The zero-order valence-corrected chi connectivity index (χ0v) is 15.9. The van der Waals surface area contributed by atoms with Crippen LogP contribution in [0.3, 0.4) is 0 Å². The lowest BCUT2D eigenvalue weighted by Crippen LogP contribution is -2.42. The molecule has 0 amide bonds. The molecular formula is C21H19F4N3O2. The smallest absolute Gasteiger partial charge is 0.194 e. The predicted octanol–water partition coefficient (Wildman–Crippen LogP) is 3.98. The molecule has 1 N–H and O–H groups in total. The van der Waals surface area contributed by atoms with Gasteiger partial charge >= 0.3 is 0 Å². The standard InChI is InChI=1S/C21H19F4N3O2/c22-16-6-15(7-17(23)19(16)24)28-20(14-8-21(25,9-14)12-29)26-18(27-28)11-30-10-13-4-2-1-3-5-13/h1-7,14,29H,8-12H2. The number of ether oxygens (including phenoxy) is 1. The van der Waals surface area contributed by atoms with Crippen LogP contribution < -0.4 is 0 Å². The minimum absolute atomic E-state index is 0.00132. The predicted molar refractivity (Wildman–Crippen MR) is 99.1 cm³/mol. The molecule has 0 bridgehead atoms. The fourth-order valence-corrected chi connectivity index (χ4v) is 3.52. The molecule has 0 atom stereocenters. The molecule has 0 saturated heterocycles. The third-order valence-corrected chi connectivity index (χ3v) is 5.10. The number of hydrogen-bond donors (Lipinski definition) is 1. The highest BCUT2D eigenvalue weighted by atomic mass is 19.2. The van der Waals surface area contributed by atoms with E-state index >= 15 is 0 Å². The van der Waals surface area contributed by atoms with E-state index in [0.29, 0.717) is 6.61 Å². The number of halogens is 4. The van der Waals surface area contributed by atoms with Gasteiger partial charge in [-0.05, 0) is 18.4 Å². The van der Waals surface area contributed by atoms with Crippen LogP contribution in [0.5, 0.6) is 0 Å². The van der Waals surface area contributed by atoms with Gasteiger partial charge < -0.3 is 9.84 Å². The van der Waals surface area contributed by atoms with Gasteiger partial charge in [-0.1, -0.05) is 30.3 Å². The SMILES string of the molecule is OCC1(F)CC(c2nc(COCc3ccccc3)nn2-c2cc(F)c(F)c(F)c2)C1. The first-order valence-electron chi connectivity index (χ1n) is 9.41. The van der Waals surface area contributed by atoms with Crippen LogP contribution in [0.4, 0.5) is 17.6 Å². The molecule has 0 spiro atoms. The van der Waals surface area contributed by atoms with Crippen LogP contribution in [0, 0.1) is 17.5 Å². The second-order valence-electron chi connectivity index (χ2n) is 7.41. The molecule has 0 radical (unpaired) electrons. The number of aliphatic hydroxyl groups excluding tert-OH is 1. The molecule has 2 aromatic carbocycles. The van der Waals surface area contributed by atoms with Crippen molar-refractivity contribution in [1.82, 2.24) is 14.8 Å². The zero-order chi connectivity index (χ0) is 21.3. The maximum absolute atomic E-state index is 14.2. The van der Waals surface area contributed by atoms with E-state index in [1.807, 2.05) is 30.3 Å². The minimum Gasteiger partial charge on any atom is -0.393 e. The summed E-state index contributed by atoms with van der Waals surface area (Å²) < 4.78 is 61.8. The fraction of sp³-hybridized carbons (Fsp3) is 0.333. The number of alkyl halides is 1. The van der Waals surface area contributed by atoms with Gasteiger partial charge in [0.05, 0.1) is 18.9 Å². The Morgan fingerprint density at radius 3 is 2.37 bits per heavy atom. The number of aliphatic hydroxyl groups is 1. The van der Waals surface area contributed by atoms with Crippen LogP contribution in [0.1, 0.15) is 36.0 Å². The van der Waals surface area contributed by atoms with Gasteiger partial charge in [-0.3, -0.25) is 0 Å². The van der Waals surface area contributed by atoms with Crippen molar-refractivity contribution in [2.75, 3.05) is 6.61 Å². The van der Waals surface area contributed by atoms with Crippen LogP contribution in [-0.4, -0.2) is 32.1 Å². The highest BCUT2D eigenvalue weighted by Crippen LogP contribution is 2.46. The molecule has 1 aliphatic carbocycles. The fourth-order valence-electron chi connectivity index (χ4n) is 3.52. The first-order valence-corrected chi connectivity index (χ1v) is 9.41. The monoisotopic (exact) mass is 421 g/mol. The number of benzene rings is 2. The van der Waals surface area contributed by atoms with Gasteiger partial charge in [-0.2, -0.15) is 0 Å². The van der Waals surface area contributed by atoms with Gasteiger partial charge in [-0.25, -0.2) is 27.2 Å². The molecule has 1 fully saturated rings. The third-order valence-electron chi connectivity index (χ3n) is 5.10. The van der Waals surface area contributed by atoms with E-state index in [1.165, 1.54) is 4.68 Å². The second-order valence-corrected chi connectivity index (χ2v) is 7.41. The van der Waals surface area contributed by atoms with Gasteiger partial charge in [-0.15, -0.1) is 5.10 Å². The summed E-state index contributed by atoms with van der Waals surface area (Å²) in [4.78, 5) is 4.36. The summed E-state index contributed by atoms with van der Waals surface area (Å²) in [6.07, 6.45) is -0.00265. The van der Waals surface area contributed by atoms with Crippen LogP contribution in [-0.2, 0) is 18.0 Å². The van der Waals surface area contributed by atoms with Crippen molar-refractivity contribution in [1.29, 1.82) is 0 Å². The highest BCUT2D eigenvalue weighted by molar-refractivity contribution is 5.35. The van der Waals surface area contributed by atoms with Gasteiger partial charge in [0.15, 0.2) is 23.3 Å². The van der Waals surface area contributed by atoms with Gasteiger partial charge in [0, 0.05) is 18.1 Å². The van der Waals surface area contributed by atoms with Crippen LogP contribution in [0.25, 0.3) is 5.69 Å². The van der Waals surface area contributed by atoms with E-state index in [-0.39, 0.29) is 36.8 Å². The Bertz CT molecular complexity index is 1010. The quantitative estimate of drug-likeness (QED) is 0.463. The lowest BCUT2D eigenvalue weighted by molar-refractivity contribution is -0.0163. The van der Waals surface area contributed by atoms with E-state index < -0.39 is 35.6 Å². The van der Waals surface area contributed by atoms with Crippen LogP contribution >= 0.6 is 0 Å². The topological polar surface area (TPSA) is 60.2 Å². The Kier molecular flexibility index (Phi) is 5.57. The number of hydrogen-bond acceptors (Lipinski definition) is 4. The number of nitrogens with zero attached hydrogens (tertiary/aromatic N) is 3. The normalized spacial score (nSPS) is 20.9. The van der Waals surface area contributed by atoms with Crippen molar-refractivity contribution in [3.05, 3.63) is 77.1 Å². The highest BCUT2D eigenvalue weighted by Gasteiger charge is 2.47. The van der Waals surface area contributed by atoms with Gasteiger partial charge in [0.25, 0.3) is 0 Å². The molecule has 1 saturated carbocycles.